The van der Waals surface area contributed by atoms with Gasteiger partial charge in [0.2, 0.25) is 11.9 Å². The molecule has 1 amide bonds. The zero-order valence-corrected chi connectivity index (χ0v) is 24.3. The van der Waals surface area contributed by atoms with Crippen molar-refractivity contribution in [2.45, 2.75) is 38.4 Å². The third kappa shape index (κ3) is 8.48. The molecule has 1 atom stereocenters. The average molecular weight is 590 g/mol. The summed E-state index contributed by atoms with van der Waals surface area (Å²) in [6.07, 6.45) is 5.66. The Hall–Kier alpha value is -4.05. The molecule has 15 nitrogen and oxygen atoms in total. The van der Waals surface area contributed by atoms with Gasteiger partial charge in [0.25, 0.3) is 5.88 Å². The predicted octanol–water partition coefficient (Wildman–Crippen LogP) is 0.753. The molecule has 1 aliphatic heterocycles. The molecule has 42 heavy (non-hydrogen) atoms. The minimum Gasteiger partial charge on any atom is -0.480 e. The van der Waals surface area contributed by atoms with E-state index >= 15 is 0 Å². The molecular weight excluding hydrogens is 549 g/mol. The molecule has 0 aromatic carbocycles. The highest BCUT2D eigenvalue weighted by Crippen LogP contribution is 2.30. The van der Waals surface area contributed by atoms with Crippen LogP contribution in [0.4, 0.5) is 21.8 Å². The number of methoxy groups -OCH3 is 1. The molecule has 1 fully saturated rings. The first-order valence-electron chi connectivity index (χ1n) is 14.1. The van der Waals surface area contributed by atoms with Crippen molar-refractivity contribution < 1.29 is 23.8 Å². The van der Waals surface area contributed by atoms with Gasteiger partial charge in [-0.1, -0.05) is 0 Å². The molecule has 0 saturated carbocycles. The topological polar surface area (TPSA) is 168 Å². The molecule has 4 N–H and O–H groups in total. The maximum absolute atomic E-state index is 13.9. The van der Waals surface area contributed by atoms with E-state index in [4.69, 9.17) is 9.84 Å². The molecule has 230 valence electrons. The lowest BCUT2D eigenvalue weighted by Crippen LogP contribution is -2.38. The van der Waals surface area contributed by atoms with Crippen molar-refractivity contribution >= 4 is 40.5 Å². The number of fused-ring (bicyclic) bond motifs is 1. The molecule has 16 heteroatoms. The van der Waals surface area contributed by atoms with Crippen LogP contribution in [0.5, 0.6) is 5.88 Å². The lowest BCUT2D eigenvalue weighted by Gasteiger charge is -2.16. The fraction of sp³-hybridized carbons (Fsp3) is 0.615. The fourth-order valence-corrected chi connectivity index (χ4v) is 4.65. The van der Waals surface area contributed by atoms with Crippen LogP contribution in [0.2, 0.25) is 0 Å². The van der Waals surface area contributed by atoms with E-state index < -0.39 is 12.1 Å². The van der Waals surface area contributed by atoms with Gasteiger partial charge in [0.15, 0.2) is 17.0 Å². The number of halogens is 1. The molecule has 4 rings (SSSR count). The van der Waals surface area contributed by atoms with E-state index in [1.54, 1.807) is 34.6 Å². The van der Waals surface area contributed by atoms with E-state index in [0.717, 1.165) is 19.3 Å². The van der Waals surface area contributed by atoms with E-state index in [-0.39, 0.29) is 25.5 Å². The van der Waals surface area contributed by atoms with Crippen LogP contribution < -0.4 is 25.6 Å². The van der Waals surface area contributed by atoms with Crippen molar-refractivity contribution in [2.75, 3.05) is 70.2 Å². The van der Waals surface area contributed by atoms with Crippen LogP contribution in [0.3, 0.4) is 0 Å². The van der Waals surface area contributed by atoms with Crippen molar-refractivity contribution in [3.8, 4) is 5.88 Å². The number of aryl methyl sites for hydroxylation is 2. The quantitative estimate of drug-likeness (QED) is 0.163. The number of ether oxygens (including phenoxy) is 1. The molecule has 0 spiro atoms. The van der Waals surface area contributed by atoms with E-state index in [0.29, 0.717) is 73.6 Å². The molecule has 3 aromatic rings. The summed E-state index contributed by atoms with van der Waals surface area (Å²) in [4.78, 5) is 39.9. The van der Waals surface area contributed by atoms with Gasteiger partial charge in [-0.15, -0.1) is 5.10 Å². The number of aliphatic carboxylic acids is 1. The van der Waals surface area contributed by atoms with Gasteiger partial charge in [-0.3, -0.25) is 19.2 Å². The standard InChI is InChI=1S/C26H40FN11O4/c1-35(16-21(40)41)12-9-28-13-20(39)29-8-5-4-6-10-38-15-19(25(34-38)42-3)31-23-22-24(36(2)17-30-22)33-26(32-23)37-11-7-18(27)14-37/h15,17-18,28H,4-14,16H2,1-3H3,(H,29,39)(H,40,41)(H,31,32,33)/t18-/m0/s1. The number of likely N-dealkylation sites (N-methyl/N-ethyl adjacent to an activating group) is 1. The Balaban J connectivity index is 1.23. The lowest BCUT2D eigenvalue weighted by molar-refractivity contribution is -0.138. The number of alkyl halides is 1. The summed E-state index contributed by atoms with van der Waals surface area (Å²) >= 11 is 0. The lowest BCUT2D eigenvalue weighted by atomic mass is 10.2. The summed E-state index contributed by atoms with van der Waals surface area (Å²) in [5, 5.41) is 22.5. The number of carboxylic acid groups (broad SMARTS) is 1. The van der Waals surface area contributed by atoms with E-state index in [2.05, 4.69) is 36.0 Å². The molecule has 0 unspecified atom stereocenters. The zero-order valence-electron chi connectivity index (χ0n) is 24.3. The fourth-order valence-electron chi connectivity index (χ4n) is 4.65. The smallest absolute Gasteiger partial charge is 0.317 e. The molecule has 0 aliphatic carbocycles. The van der Waals surface area contributed by atoms with E-state index in [1.165, 1.54) is 0 Å². The first-order valence-corrected chi connectivity index (χ1v) is 14.1. The number of imidazole rings is 1. The monoisotopic (exact) mass is 589 g/mol. The highest BCUT2D eigenvalue weighted by molar-refractivity contribution is 5.87. The first-order chi connectivity index (χ1) is 20.2. The Morgan fingerprint density at radius 3 is 2.81 bits per heavy atom. The van der Waals surface area contributed by atoms with Crippen molar-refractivity contribution in [1.29, 1.82) is 0 Å². The van der Waals surface area contributed by atoms with Crippen molar-refractivity contribution in [3.63, 3.8) is 0 Å². The number of nitrogens with one attached hydrogen (secondary N) is 3. The highest BCUT2D eigenvalue weighted by atomic mass is 19.1. The minimum absolute atomic E-state index is 0.0315. The van der Waals surface area contributed by atoms with Gasteiger partial charge in [-0.25, -0.2) is 9.37 Å². The van der Waals surface area contributed by atoms with E-state index in [1.807, 2.05) is 18.1 Å². The van der Waals surface area contributed by atoms with Crippen molar-refractivity contribution in [1.82, 2.24) is 44.8 Å². The van der Waals surface area contributed by atoms with Gasteiger partial charge < -0.3 is 35.3 Å². The van der Waals surface area contributed by atoms with E-state index in [9.17, 15) is 14.0 Å². The van der Waals surface area contributed by atoms with Crippen LogP contribution in [0.15, 0.2) is 12.5 Å². The van der Waals surface area contributed by atoms with Crippen molar-refractivity contribution in [2.24, 2.45) is 7.05 Å². The molecule has 4 heterocycles. The highest BCUT2D eigenvalue weighted by Gasteiger charge is 2.26. The van der Waals surface area contributed by atoms with Gasteiger partial charge in [0, 0.05) is 39.8 Å². The summed E-state index contributed by atoms with van der Waals surface area (Å²) in [6.45, 7) is 3.29. The third-order valence-electron chi connectivity index (χ3n) is 6.88. The number of hydrogen-bond acceptors (Lipinski definition) is 11. The Morgan fingerprint density at radius 1 is 1.24 bits per heavy atom. The average Bonchev–Trinajstić information content (AvgIpc) is 3.66. The van der Waals surface area contributed by atoms with Crippen LogP contribution in [0, 0.1) is 0 Å². The molecular formula is C26H40FN11O4. The number of unbranched alkanes of at least 4 members (excludes halogenated alkanes) is 2. The van der Waals surface area contributed by atoms with Gasteiger partial charge >= 0.3 is 5.97 Å². The Morgan fingerprint density at radius 2 is 2.07 bits per heavy atom. The summed E-state index contributed by atoms with van der Waals surface area (Å²) in [5.74, 6) is 0.392. The number of carbonyl (C=O) groups is 2. The van der Waals surface area contributed by atoms with Crippen LogP contribution >= 0.6 is 0 Å². The maximum atomic E-state index is 13.9. The number of carboxylic acids is 1. The number of amides is 1. The summed E-state index contributed by atoms with van der Waals surface area (Å²) in [6, 6.07) is 0. The number of nitrogens with zero attached hydrogens (tertiary/aromatic N) is 8. The Labute approximate surface area is 243 Å². The largest absolute Gasteiger partial charge is 0.480 e. The Kier molecular flexibility index (Phi) is 10.8. The third-order valence-corrected chi connectivity index (χ3v) is 6.88. The number of carbonyl (C=O) groups excluding carboxylic acids is 1. The molecule has 0 bridgehead atoms. The SMILES string of the molecule is COc1nn(CCCCCNC(=O)CNCCN(C)CC(=O)O)cc1Nc1nc(N2CC[C@H](F)C2)nc2c1ncn2C. The summed E-state index contributed by atoms with van der Waals surface area (Å²) < 4.78 is 23.0. The second-order valence-electron chi connectivity index (χ2n) is 10.4. The van der Waals surface area contributed by atoms with Crippen LogP contribution in [-0.4, -0.2) is 117 Å². The summed E-state index contributed by atoms with van der Waals surface area (Å²) in [7, 11) is 5.13. The van der Waals surface area contributed by atoms with Gasteiger partial charge in [0.05, 0.1) is 39.3 Å². The van der Waals surface area contributed by atoms with Gasteiger partial charge in [-0.05, 0) is 32.7 Å². The second kappa shape index (κ2) is 14.7. The van der Waals surface area contributed by atoms with Gasteiger partial charge in [0.1, 0.15) is 11.9 Å². The van der Waals surface area contributed by atoms with Crippen LogP contribution in [0.25, 0.3) is 11.2 Å². The van der Waals surface area contributed by atoms with Crippen molar-refractivity contribution in [3.05, 3.63) is 12.5 Å². The van der Waals surface area contributed by atoms with Gasteiger partial charge in [-0.2, -0.15) is 9.97 Å². The number of rotatable bonds is 17. The number of hydrogen-bond donors (Lipinski definition) is 4. The first kappa shape index (κ1) is 30.9. The second-order valence-corrected chi connectivity index (χ2v) is 10.4. The summed E-state index contributed by atoms with van der Waals surface area (Å²) in [5.41, 5.74) is 1.87. The van der Waals surface area contributed by atoms with Crippen LogP contribution in [-0.2, 0) is 23.2 Å². The molecule has 0 radical (unpaired) electrons. The molecule has 1 saturated heterocycles. The normalized spacial score (nSPS) is 15.1. The Bertz CT molecular complexity index is 1350. The maximum Gasteiger partial charge on any atom is 0.317 e. The minimum atomic E-state index is -0.894. The predicted molar refractivity (Wildman–Crippen MR) is 155 cm³/mol. The number of aromatic nitrogens is 6. The van der Waals surface area contributed by atoms with Crippen LogP contribution in [0.1, 0.15) is 25.7 Å². The number of anilines is 3. The molecule has 3 aromatic heterocycles. The zero-order chi connectivity index (χ0) is 30.1. The molecule has 1 aliphatic rings.